The minimum atomic E-state index is -3.67. The number of nitrogens with zero attached hydrogens (tertiary/aromatic N) is 4. The number of halogens is 1. The Labute approximate surface area is 379 Å². The van der Waals surface area contributed by atoms with Gasteiger partial charge in [0.1, 0.15) is 6.04 Å². The molecule has 1 unspecified atom stereocenters. The van der Waals surface area contributed by atoms with Crippen molar-refractivity contribution >= 4 is 49.4 Å². The van der Waals surface area contributed by atoms with Crippen LogP contribution in [0.2, 0.25) is 5.02 Å². The van der Waals surface area contributed by atoms with E-state index < -0.39 is 38.0 Å². The predicted molar refractivity (Wildman–Crippen MR) is 243 cm³/mol. The number of aromatic nitrogens is 2. The van der Waals surface area contributed by atoms with Gasteiger partial charge < -0.3 is 24.0 Å². The van der Waals surface area contributed by atoms with Crippen LogP contribution in [0.25, 0.3) is 0 Å². The molecule has 5 aromatic rings. The van der Waals surface area contributed by atoms with Crippen molar-refractivity contribution in [2.24, 2.45) is 0 Å². The molecule has 2 N–H and O–H groups in total. The maximum Gasteiger partial charge on any atom is 0.295 e. The molecule has 5 rings (SSSR count). The first kappa shape index (κ1) is 52.4. The van der Waals surface area contributed by atoms with Crippen molar-refractivity contribution in [2.75, 3.05) is 40.9 Å². The minimum Gasteiger partial charge on any atom is -0.493 e. The van der Waals surface area contributed by atoms with E-state index in [1.54, 1.807) is 36.9 Å². The number of pyridine rings is 2. The molecule has 0 aliphatic rings. The number of likely N-dealkylation sites (N-methyl/N-ethyl adjacent to an activating group) is 1. The molecule has 0 saturated heterocycles. The molecule has 344 valence electrons. The van der Waals surface area contributed by atoms with Gasteiger partial charge in [0.25, 0.3) is 31.9 Å². The highest BCUT2D eigenvalue weighted by molar-refractivity contribution is 7.85. The molecule has 16 nitrogen and oxygen atoms in total. The van der Waals surface area contributed by atoms with Crippen molar-refractivity contribution in [2.45, 2.75) is 50.7 Å². The van der Waals surface area contributed by atoms with Crippen molar-refractivity contribution in [3.8, 4) is 17.2 Å². The Bertz CT molecular complexity index is 2370. The second kappa shape index (κ2) is 25.4. The van der Waals surface area contributed by atoms with Gasteiger partial charge >= 0.3 is 0 Å². The number of methoxy groups -OCH3 is 3. The summed E-state index contributed by atoms with van der Waals surface area (Å²) >= 11 is 6.24. The van der Waals surface area contributed by atoms with Gasteiger partial charge in [-0.05, 0) is 96.5 Å². The highest BCUT2D eigenvalue weighted by atomic mass is 35.5. The van der Waals surface area contributed by atoms with Crippen LogP contribution >= 0.6 is 11.6 Å². The quantitative estimate of drug-likeness (QED) is 0.0578. The number of hydrogen-bond donors (Lipinski definition) is 2. The summed E-state index contributed by atoms with van der Waals surface area (Å²) in [5.74, 6) is -1.23. The zero-order chi connectivity index (χ0) is 47.5. The van der Waals surface area contributed by atoms with Gasteiger partial charge in [-0.3, -0.25) is 33.5 Å². The number of rotatable bonds is 18. The second-order valence-electron chi connectivity index (χ2n) is 14.4. The van der Waals surface area contributed by atoms with Gasteiger partial charge in [0.15, 0.2) is 11.5 Å². The molecule has 1 atom stereocenters. The number of aryl methyl sites for hydroxylation is 2. The second-order valence-corrected chi connectivity index (χ2v) is 17.7. The first-order chi connectivity index (χ1) is 30.2. The maximum atomic E-state index is 15.3. The highest BCUT2D eigenvalue weighted by Gasteiger charge is 2.37. The number of amides is 2. The van der Waals surface area contributed by atoms with Crippen LogP contribution in [0.3, 0.4) is 0 Å². The zero-order valence-electron chi connectivity index (χ0n) is 36.3. The van der Waals surface area contributed by atoms with Crippen molar-refractivity contribution in [3.63, 3.8) is 0 Å². The van der Waals surface area contributed by atoms with E-state index in [0.29, 0.717) is 49.8 Å². The first-order valence-electron chi connectivity index (χ1n) is 19.5. The topological polar surface area (TPSA) is 220 Å². The summed E-state index contributed by atoms with van der Waals surface area (Å²) in [6.45, 7) is 0.303. The smallest absolute Gasteiger partial charge is 0.295 e. The SMILES string of the molecule is COc1cc(C(=O)C(=O)N(C)C(Cc2ccc(Cl)cc2)C(=O)N(Cc2ccccc2)C(CCc2ccncc2)CCc2ccncc2)cc(OC)c1OC.CS(=O)(=O)O.CS(=O)(=O)O. The summed E-state index contributed by atoms with van der Waals surface area (Å²) in [6.07, 6.45) is 11.4. The van der Waals surface area contributed by atoms with Gasteiger partial charge in [0.05, 0.1) is 33.8 Å². The predicted octanol–water partition coefficient (Wildman–Crippen LogP) is 6.08. The largest absolute Gasteiger partial charge is 0.493 e. The van der Waals surface area contributed by atoms with E-state index in [4.69, 9.17) is 34.9 Å². The number of hydrogen-bond acceptors (Lipinski definition) is 12. The molecule has 0 aliphatic carbocycles. The van der Waals surface area contributed by atoms with E-state index in [1.165, 1.54) is 45.4 Å². The average Bonchev–Trinajstić information content (AvgIpc) is 3.26. The number of carbonyl (C=O) groups is 3. The van der Waals surface area contributed by atoms with Gasteiger partial charge in [-0.2, -0.15) is 16.8 Å². The van der Waals surface area contributed by atoms with Crippen LogP contribution in [-0.2, 0) is 55.6 Å². The molecular formula is C45H53ClN4O12S2. The van der Waals surface area contributed by atoms with E-state index in [2.05, 4.69) is 9.97 Å². The molecule has 0 aliphatic heterocycles. The van der Waals surface area contributed by atoms with Crippen LogP contribution in [-0.4, -0.2) is 116 Å². The summed E-state index contributed by atoms with van der Waals surface area (Å²) in [4.78, 5) is 55.0. The van der Waals surface area contributed by atoms with E-state index >= 15 is 4.79 Å². The monoisotopic (exact) mass is 940 g/mol. The fraction of sp³-hybridized carbons (Fsp3) is 0.311. The standard InChI is InChI=1S/C43H45ClN4O6.2CH4O3S/c1-47(43(51)40(49)34-27-38(52-2)41(54-4)39(28-34)53-3)37(26-32-10-14-35(44)15-11-32)42(50)48(29-33-8-6-5-7-9-33)36(16-12-30-18-22-45-23-19-30)17-13-31-20-24-46-25-21-31;2*1-5(2,3)4/h5-11,14-15,18-25,27-28,36-37H,12-13,16-17,26,29H2,1-4H3;2*1H3,(H,2,3,4). The van der Waals surface area contributed by atoms with Crippen molar-refractivity contribution < 1.29 is 54.5 Å². The Balaban J connectivity index is 0.000000979. The Kier molecular flexibility index (Phi) is 20.8. The van der Waals surface area contributed by atoms with Crippen LogP contribution in [0.4, 0.5) is 0 Å². The van der Waals surface area contributed by atoms with E-state index in [-0.39, 0.29) is 41.2 Å². The lowest BCUT2D eigenvalue weighted by Crippen LogP contribution is -2.54. The van der Waals surface area contributed by atoms with Crippen LogP contribution in [0.5, 0.6) is 17.2 Å². The van der Waals surface area contributed by atoms with Crippen LogP contribution in [0.1, 0.15) is 45.5 Å². The van der Waals surface area contributed by atoms with Crippen LogP contribution < -0.4 is 14.2 Å². The third-order valence-electron chi connectivity index (χ3n) is 9.49. The molecule has 19 heteroatoms. The Hall–Kier alpha value is -5.92. The van der Waals surface area contributed by atoms with Gasteiger partial charge in [-0.25, -0.2) is 0 Å². The molecule has 2 heterocycles. The molecule has 0 spiro atoms. The lowest BCUT2D eigenvalue weighted by molar-refractivity contribution is -0.145. The van der Waals surface area contributed by atoms with Crippen LogP contribution in [0.15, 0.2) is 116 Å². The first-order valence-corrected chi connectivity index (χ1v) is 23.6. The molecule has 2 amide bonds. The summed E-state index contributed by atoms with van der Waals surface area (Å²) in [5, 5.41) is 0.543. The third kappa shape index (κ3) is 18.4. The summed E-state index contributed by atoms with van der Waals surface area (Å²) in [7, 11) is -1.51. The minimum absolute atomic E-state index is 0.0350. The highest BCUT2D eigenvalue weighted by Crippen LogP contribution is 2.38. The zero-order valence-corrected chi connectivity index (χ0v) is 38.7. The molecule has 0 saturated carbocycles. The van der Waals surface area contributed by atoms with Crippen molar-refractivity contribution in [1.82, 2.24) is 19.8 Å². The maximum absolute atomic E-state index is 15.3. The fourth-order valence-electron chi connectivity index (χ4n) is 6.45. The third-order valence-corrected chi connectivity index (χ3v) is 9.74. The molecule has 64 heavy (non-hydrogen) atoms. The van der Waals surface area contributed by atoms with Gasteiger partial charge in [0, 0.05) is 61.4 Å². The van der Waals surface area contributed by atoms with E-state index in [0.717, 1.165) is 22.3 Å². The van der Waals surface area contributed by atoms with Gasteiger partial charge in [-0.1, -0.05) is 54.1 Å². The van der Waals surface area contributed by atoms with Crippen LogP contribution in [0, 0.1) is 0 Å². The Morgan fingerprint density at radius 3 is 1.55 bits per heavy atom. The summed E-state index contributed by atoms with van der Waals surface area (Å²) < 4.78 is 68.0. The normalized spacial score (nSPS) is 11.5. The molecule has 0 fully saturated rings. The fourth-order valence-corrected chi connectivity index (χ4v) is 6.58. The van der Waals surface area contributed by atoms with Gasteiger partial charge in [-0.15, -0.1) is 0 Å². The summed E-state index contributed by atoms with van der Waals surface area (Å²) in [5.41, 5.74) is 3.96. The van der Waals surface area contributed by atoms with E-state index in [1.807, 2.05) is 71.6 Å². The number of carbonyl (C=O) groups excluding carboxylic acids is 3. The number of ketones is 1. The molecular weight excluding hydrogens is 888 g/mol. The molecule has 2 aromatic heterocycles. The lowest BCUT2D eigenvalue weighted by Gasteiger charge is -2.38. The molecule has 3 aromatic carbocycles. The lowest BCUT2D eigenvalue weighted by atomic mass is 9.95. The van der Waals surface area contributed by atoms with Crippen molar-refractivity contribution in [1.29, 1.82) is 0 Å². The molecule has 0 bridgehead atoms. The summed E-state index contributed by atoms with van der Waals surface area (Å²) in [6, 6.07) is 26.4. The Morgan fingerprint density at radius 2 is 1.12 bits per heavy atom. The van der Waals surface area contributed by atoms with E-state index in [9.17, 15) is 26.4 Å². The number of benzene rings is 3. The van der Waals surface area contributed by atoms with Gasteiger partial charge in [0.2, 0.25) is 11.7 Å². The number of ether oxygens (including phenoxy) is 3. The Morgan fingerprint density at radius 1 is 0.672 bits per heavy atom. The van der Waals surface area contributed by atoms with Crippen molar-refractivity contribution in [3.05, 3.63) is 149 Å². The molecule has 0 radical (unpaired) electrons. The average molecular weight is 942 g/mol. The number of Topliss-reactive ketones (excluding diaryl/α,β-unsaturated/α-hetero) is 1.